The highest BCUT2D eigenvalue weighted by Gasteiger charge is 2.42. The molecule has 0 bridgehead atoms. The van der Waals surface area contributed by atoms with E-state index in [-0.39, 0.29) is 18.1 Å². The molecule has 0 unspecified atom stereocenters. The molecule has 1 amide bonds. The van der Waals surface area contributed by atoms with Crippen LogP contribution in [0.2, 0.25) is 0 Å². The van der Waals surface area contributed by atoms with Crippen molar-refractivity contribution in [1.29, 1.82) is 0 Å². The number of ether oxygens (including phenoxy) is 1. The van der Waals surface area contributed by atoms with Crippen LogP contribution in [0.25, 0.3) is 0 Å². The number of likely N-dealkylation sites (tertiary alicyclic amines) is 1. The van der Waals surface area contributed by atoms with Crippen molar-refractivity contribution < 1.29 is 13.9 Å². The average Bonchev–Trinajstić information content (AvgIpc) is 3.21. The summed E-state index contributed by atoms with van der Waals surface area (Å²) < 4.78 is 12.0. The smallest absolute Gasteiger partial charge is 0.251 e. The lowest BCUT2D eigenvalue weighted by molar-refractivity contribution is -0.156. The second-order valence-corrected chi connectivity index (χ2v) is 7.71. The lowest BCUT2D eigenvalue weighted by atomic mass is 9.98. The van der Waals surface area contributed by atoms with E-state index >= 15 is 0 Å². The van der Waals surface area contributed by atoms with Gasteiger partial charge in [0.15, 0.2) is 0 Å². The van der Waals surface area contributed by atoms with Crippen LogP contribution in [0.5, 0.6) is 0 Å². The minimum atomic E-state index is -0.240. The van der Waals surface area contributed by atoms with Crippen molar-refractivity contribution in [3.63, 3.8) is 0 Å². The summed E-state index contributed by atoms with van der Waals surface area (Å²) in [6.45, 7) is 7.41. The molecule has 6 heteroatoms. The van der Waals surface area contributed by atoms with Gasteiger partial charge in [0, 0.05) is 38.8 Å². The first-order valence-corrected chi connectivity index (χ1v) is 9.52. The molecule has 6 nitrogen and oxygen atoms in total. The van der Waals surface area contributed by atoms with Gasteiger partial charge in [-0.2, -0.15) is 0 Å². The molecule has 3 saturated heterocycles. The molecule has 1 aromatic rings. The maximum atomic E-state index is 12.8. The Morgan fingerprint density at radius 3 is 2.64 bits per heavy atom. The van der Waals surface area contributed by atoms with Crippen LogP contribution in [0.4, 0.5) is 0 Å². The lowest BCUT2D eigenvalue weighted by Gasteiger charge is -2.39. The van der Waals surface area contributed by atoms with Gasteiger partial charge in [-0.15, -0.1) is 0 Å². The zero-order valence-corrected chi connectivity index (χ0v) is 15.3. The number of hydrogen-bond donors (Lipinski definition) is 0. The van der Waals surface area contributed by atoms with E-state index in [0.717, 1.165) is 70.1 Å². The predicted octanol–water partition coefficient (Wildman–Crippen LogP) is 1.48. The van der Waals surface area contributed by atoms with Gasteiger partial charge in [0.25, 0.3) is 5.91 Å². The lowest BCUT2D eigenvalue weighted by Crippen LogP contribution is -2.53. The van der Waals surface area contributed by atoms with E-state index in [0.29, 0.717) is 6.04 Å². The molecule has 0 aliphatic carbocycles. The second-order valence-electron chi connectivity index (χ2n) is 7.71. The number of furan rings is 1. The van der Waals surface area contributed by atoms with E-state index in [1.807, 2.05) is 17.9 Å². The topological polar surface area (TPSA) is 49.2 Å². The number of amides is 1. The minimum Gasteiger partial charge on any atom is -0.465 e. The number of carbonyl (C=O) groups excluding carboxylic acids is 1. The van der Waals surface area contributed by atoms with Gasteiger partial charge in [-0.05, 0) is 45.4 Å². The predicted molar refractivity (Wildman–Crippen MR) is 94.2 cm³/mol. The third kappa shape index (κ3) is 3.61. The van der Waals surface area contributed by atoms with E-state index < -0.39 is 0 Å². The van der Waals surface area contributed by atoms with E-state index in [9.17, 15) is 4.79 Å². The molecule has 0 aromatic carbocycles. The van der Waals surface area contributed by atoms with E-state index in [2.05, 4.69) is 22.9 Å². The van der Waals surface area contributed by atoms with Crippen LogP contribution in [0, 0.1) is 6.92 Å². The Morgan fingerprint density at radius 1 is 1.12 bits per heavy atom. The fourth-order valence-corrected chi connectivity index (χ4v) is 4.39. The first kappa shape index (κ1) is 17.1. The number of likely N-dealkylation sites (N-methyl/N-ethyl adjacent to an activating group) is 1. The van der Waals surface area contributed by atoms with Crippen LogP contribution in [0.1, 0.15) is 30.8 Å². The number of nitrogens with zero attached hydrogens (tertiary/aromatic N) is 3. The second kappa shape index (κ2) is 7.09. The van der Waals surface area contributed by atoms with Gasteiger partial charge in [0.1, 0.15) is 17.6 Å². The maximum Gasteiger partial charge on any atom is 0.251 e. The molecule has 0 spiro atoms. The molecule has 0 radical (unpaired) electrons. The summed E-state index contributed by atoms with van der Waals surface area (Å²) in [7, 11) is 2.11. The van der Waals surface area contributed by atoms with Crippen LogP contribution < -0.4 is 0 Å². The SMILES string of the molecule is Cc1ccc(CN2CC[C@H]3O[C@@H](C(=O)N4CCN(C)CC4)CC[C@H]32)o1. The zero-order valence-electron chi connectivity index (χ0n) is 15.3. The van der Waals surface area contributed by atoms with Crippen LogP contribution in [-0.2, 0) is 16.1 Å². The molecule has 3 fully saturated rings. The number of aryl methyl sites for hydroxylation is 1. The van der Waals surface area contributed by atoms with Crippen molar-refractivity contribution >= 4 is 5.91 Å². The summed E-state index contributed by atoms with van der Waals surface area (Å²) in [4.78, 5) is 19.5. The monoisotopic (exact) mass is 347 g/mol. The fourth-order valence-electron chi connectivity index (χ4n) is 4.39. The highest BCUT2D eigenvalue weighted by molar-refractivity contribution is 5.81. The quantitative estimate of drug-likeness (QED) is 0.829. The number of rotatable bonds is 3. The van der Waals surface area contributed by atoms with Gasteiger partial charge < -0.3 is 19.0 Å². The van der Waals surface area contributed by atoms with Crippen molar-refractivity contribution in [2.75, 3.05) is 39.8 Å². The molecule has 4 rings (SSSR count). The standard InChI is InChI=1S/C19H29N3O3/c1-14-3-4-15(24-14)13-22-8-7-17-16(22)5-6-18(25-17)19(23)21-11-9-20(2)10-12-21/h3-4,16-18H,5-13H2,1-2H3/t16-,17-,18-/m1/s1. The van der Waals surface area contributed by atoms with Crippen molar-refractivity contribution in [2.45, 2.75) is 51.0 Å². The molecule has 0 saturated carbocycles. The van der Waals surface area contributed by atoms with Gasteiger partial charge in [-0.25, -0.2) is 0 Å². The summed E-state index contributed by atoms with van der Waals surface area (Å²) in [6, 6.07) is 4.50. The van der Waals surface area contributed by atoms with E-state index in [4.69, 9.17) is 9.15 Å². The van der Waals surface area contributed by atoms with E-state index in [1.54, 1.807) is 0 Å². The largest absolute Gasteiger partial charge is 0.465 e. The Bertz CT molecular complexity index is 609. The summed E-state index contributed by atoms with van der Waals surface area (Å²) in [6.07, 6.45) is 2.83. The summed E-state index contributed by atoms with van der Waals surface area (Å²) in [5, 5.41) is 0. The van der Waals surface area contributed by atoms with Gasteiger partial charge in [0.2, 0.25) is 0 Å². The molecule has 3 atom stereocenters. The van der Waals surface area contributed by atoms with Crippen LogP contribution in [-0.4, -0.2) is 78.6 Å². The third-order valence-electron chi connectivity index (χ3n) is 5.91. The molecular weight excluding hydrogens is 318 g/mol. The van der Waals surface area contributed by atoms with Crippen LogP contribution >= 0.6 is 0 Å². The number of carbonyl (C=O) groups is 1. The molecule has 4 heterocycles. The van der Waals surface area contributed by atoms with Crippen LogP contribution in [0.3, 0.4) is 0 Å². The van der Waals surface area contributed by atoms with Gasteiger partial charge >= 0.3 is 0 Å². The number of piperazine rings is 1. The average molecular weight is 347 g/mol. The molecule has 25 heavy (non-hydrogen) atoms. The number of fused-ring (bicyclic) bond motifs is 1. The van der Waals surface area contributed by atoms with Crippen molar-refractivity contribution in [3.05, 3.63) is 23.7 Å². The normalized spacial score (nSPS) is 31.3. The molecule has 3 aliphatic rings. The van der Waals surface area contributed by atoms with Gasteiger partial charge in [0.05, 0.1) is 12.6 Å². The van der Waals surface area contributed by atoms with Gasteiger partial charge in [-0.1, -0.05) is 0 Å². The van der Waals surface area contributed by atoms with Crippen molar-refractivity contribution in [2.24, 2.45) is 0 Å². The Hall–Kier alpha value is -1.37. The molecule has 1 aromatic heterocycles. The molecular formula is C19H29N3O3. The van der Waals surface area contributed by atoms with E-state index in [1.165, 1.54) is 0 Å². The van der Waals surface area contributed by atoms with Crippen molar-refractivity contribution in [1.82, 2.24) is 14.7 Å². The highest BCUT2D eigenvalue weighted by Crippen LogP contribution is 2.33. The molecule has 3 aliphatic heterocycles. The molecule has 138 valence electrons. The van der Waals surface area contributed by atoms with Crippen molar-refractivity contribution in [3.8, 4) is 0 Å². The molecule has 0 N–H and O–H groups in total. The Kier molecular flexibility index (Phi) is 4.84. The maximum absolute atomic E-state index is 12.8. The summed E-state index contributed by atoms with van der Waals surface area (Å²) in [5.74, 6) is 2.18. The first-order valence-electron chi connectivity index (χ1n) is 9.52. The summed E-state index contributed by atoms with van der Waals surface area (Å²) >= 11 is 0. The first-order chi connectivity index (χ1) is 12.1. The Labute approximate surface area is 149 Å². The minimum absolute atomic E-state index is 0.186. The highest BCUT2D eigenvalue weighted by atomic mass is 16.5. The fraction of sp³-hybridized carbons (Fsp3) is 0.737. The third-order valence-corrected chi connectivity index (χ3v) is 5.91. The zero-order chi connectivity index (χ0) is 17.4. The summed E-state index contributed by atoms with van der Waals surface area (Å²) in [5.41, 5.74) is 0. The van der Waals surface area contributed by atoms with Crippen LogP contribution in [0.15, 0.2) is 16.5 Å². The Morgan fingerprint density at radius 2 is 1.92 bits per heavy atom. The Balaban J connectivity index is 1.33. The van der Waals surface area contributed by atoms with Gasteiger partial charge in [-0.3, -0.25) is 9.69 Å². The number of hydrogen-bond acceptors (Lipinski definition) is 5.